The molecule has 0 spiro atoms. The molecule has 0 atom stereocenters. The summed E-state index contributed by atoms with van der Waals surface area (Å²) in [5, 5.41) is 0.637. The lowest BCUT2D eigenvalue weighted by Crippen LogP contribution is -2.11. The molecule has 0 saturated heterocycles. The molecular weight excluding hydrogens is 250 g/mol. The average Bonchev–Trinajstić information content (AvgIpc) is 2.81. The smallest absolute Gasteiger partial charge is 0.264 e. The lowest BCUT2D eigenvalue weighted by Gasteiger charge is -1.97. The number of ether oxygens (including phenoxy) is 1. The van der Waals surface area contributed by atoms with Gasteiger partial charge in [0.25, 0.3) is 5.91 Å². The SMILES string of the molecule is C#CCOc1nc(-c2ccncc2)sc1C(N)=O. The van der Waals surface area contributed by atoms with Crippen molar-refractivity contribution in [3.63, 3.8) is 0 Å². The van der Waals surface area contributed by atoms with Crippen molar-refractivity contribution in [2.45, 2.75) is 0 Å². The monoisotopic (exact) mass is 259 g/mol. The fourth-order valence-corrected chi connectivity index (χ4v) is 2.16. The van der Waals surface area contributed by atoms with E-state index < -0.39 is 5.91 Å². The Morgan fingerprint density at radius 2 is 2.22 bits per heavy atom. The molecule has 90 valence electrons. The van der Waals surface area contributed by atoms with Gasteiger partial charge in [-0.1, -0.05) is 5.92 Å². The maximum absolute atomic E-state index is 11.3. The largest absolute Gasteiger partial charge is 0.463 e. The molecule has 2 heterocycles. The summed E-state index contributed by atoms with van der Waals surface area (Å²) in [5.41, 5.74) is 6.11. The Hall–Kier alpha value is -2.39. The summed E-state index contributed by atoms with van der Waals surface area (Å²) >= 11 is 1.16. The molecule has 0 unspecified atom stereocenters. The first-order valence-corrected chi connectivity index (χ1v) is 5.81. The van der Waals surface area contributed by atoms with Crippen molar-refractivity contribution in [1.29, 1.82) is 0 Å². The van der Waals surface area contributed by atoms with Gasteiger partial charge in [-0.2, -0.15) is 0 Å². The molecular formula is C12H9N3O2S. The minimum absolute atomic E-state index is 0.0415. The van der Waals surface area contributed by atoms with Crippen LogP contribution in [0.25, 0.3) is 10.6 Å². The number of amides is 1. The standard InChI is InChI=1S/C12H9N3O2S/c1-2-7-17-11-9(10(13)16)18-12(15-11)8-3-5-14-6-4-8/h1,3-6H,7H2,(H2,13,16). The molecule has 0 bridgehead atoms. The number of carbonyl (C=O) groups excluding carboxylic acids is 1. The number of terminal acetylenes is 1. The van der Waals surface area contributed by atoms with E-state index in [4.69, 9.17) is 16.9 Å². The minimum Gasteiger partial charge on any atom is -0.463 e. The Labute approximate surface area is 108 Å². The highest BCUT2D eigenvalue weighted by Gasteiger charge is 2.17. The summed E-state index contributed by atoms with van der Waals surface area (Å²) in [4.78, 5) is 19.7. The lowest BCUT2D eigenvalue weighted by atomic mass is 10.3. The number of nitrogens with zero attached hydrogens (tertiary/aromatic N) is 2. The van der Waals surface area contributed by atoms with Crippen LogP contribution in [0.1, 0.15) is 9.67 Å². The third-order valence-corrected chi connectivity index (χ3v) is 3.14. The molecule has 2 N–H and O–H groups in total. The van der Waals surface area contributed by atoms with Crippen molar-refractivity contribution >= 4 is 17.2 Å². The number of pyridine rings is 1. The molecule has 2 aromatic rings. The van der Waals surface area contributed by atoms with Crippen LogP contribution in [-0.2, 0) is 0 Å². The maximum atomic E-state index is 11.3. The molecule has 6 heteroatoms. The van der Waals surface area contributed by atoms with Crippen molar-refractivity contribution in [3.05, 3.63) is 29.4 Å². The molecule has 2 rings (SSSR count). The molecule has 0 aliphatic carbocycles. The molecule has 1 amide bonds. The topological polar surface area (TPSA) is 78.1 Å². The van der Waals surface area contributed by atoms with E-state index in [9.17, 15) is 4.79 Å². The summed E-state index contributed by atoms with van der Waals surface area (Å²) in [6.07, 6.45) is 8.38. The van der Waals surface area contributed by atoms with Crippen LogP contribution in [0.4, 0.5) is 0 Å². The first-order valence-electron chi connectivity index (χ1n) is 4.99. The predicted octanol–water partition coefficient (Wildman–Crippen LogP) is 1.32. The molecule has 18 heavy (non-hydrogen) atoms. The van der Waals surface area contributed by atoms with Gasteiger partial charge in [-0.05, 0) is 12.1 Å². The first kappa shape index (κ1) is 12.1. The van der Waals surface area contributed by atoms with Crippen LogP contribution in [0.2, 0.25) is 0 Å². The first-order chi connectivity index (χ1) is 8.72. The van der Waals surface area contributed by atoms with Gasteiger partial charge in [-0.3, -0.25) is 9.78 Å². The summed E-state index contributed by atoms with van der Waals surface area (Å²) in [6, 6.07) is 3.57. The second-order valence-corrected chi connectivity index (χ2v) is 4.25. The Bertz CT molecular complexity index is 602. The molecule has 0 radical (unpaired) electrons. The molecule has 0 aromatic carbocycles. The number of nitrogens with two attached hydrogens (primary N) is 1. The fraction of sp³-hybridized carbons (Fsp3) is 0.0833. The molecule has 0 fully saturated rings. The van der Waals surface area contributed by atoms with Crippen molar-refractivity contribution in [3.8, 4) is 28.8 Å². The Morgan fingerprint density at radius 3 is 2.83 bits per heavy atom. The van der Waals surface area contributed by atoms with Gasteiger partial charge in [0.2, 0.25) is 5.88 Å². The molecule has 0 aliphatic heterocycles. The third-order valence-electron chi connectivity index (χ3n) is 2.04. The predicted molar refractivity (Wildman–Crippen MR) is 68.2 cm³/mol. The zero-order chi connectivity index (χ0) is 13.0. The average molecular weight is 259 g/mol. The van der Waals surface area contributed by atoms with Gasteiger partial charge in [0.05, 0.1) is 0 Å². The van der Waals surface area contributed by atoms with Crippen molar-refractivity contribution in [2.24, 2.45) is 5.73 Å². The van der Waals surface area contributed by atoms with E-state index in [-0.39, 0.29) is 17.4 Å². The van der Waals surface area contributed by atoms with Crippen molar-refractivity contribution in [2.75, 3.05) is 6.61 Å². The van der Waals surface area contributed by atoms with Gasteiger partial charge in [-0.15, -0.1) is 17.8 Å². The highest BCUT2D eigenvalue weighted by atomic mass is 32.1. The van der Waals surface area contributed by atoms with Crippen LogP contribution in [-0.4, -0.2) is 22.5 Å². The van der Waals surface area contributed by atoms with Gasteiger partial charge >= 0.3 is 0 Å². The van der Waals surface area contributed by atoms with Crippen LogP contribution in [0, 0.1) is 12.3 Å². The Balaban J connectivity index is 2.40. The van der Waals surface area contributed by atoms with E-state index in [1.165, 1.54) is 0 Å². The summed E-state index contributed by atoms with van der Waals surface area (Å²) in [7, 11) is 0. The van der Waals surface area contributed by atoms with E-state index in [0.29, 0.717) is 5.01 Å². The van der Waals surface area contributed by atoms with E-state index in [1.807, 2.05) is 0 Å². The lowest BCUT2D eigenvalue weighted by molar-refractivity contribution is 0.100. The Morgan fingerprint density at radius 1 is 1.50 bits per heavy atom. The number of thiazole rings is 1. The Kier molecular flexibility index (Phi) is 3.55. The van der Waals surface area contributed by atoms with Crippen LogP contribution in [0.5, 0.6) is 5.88 Å². The van der Waals surface area contributed by atoms with Crippen LogP contribution in [0.15, 0.2) is 24.5 Å². The van der Waals surface area contributed by atoms with Crippen molar-refractivity contribution < 1.29 is 9.53 Å². The zero-order valence-corrected chi connectivity index (χ0v) is 10.1. The maximum Gasteiger partial charge on any atom is 0.264 e. The van der Waals surface area contributed by atoms with E-state index in [1.54, 1.807) is 24.5 Å². The second-order valence-electron chi connectivity index (χ2n) is 3.25. The second kappa shape index (κ2) is 5.29. The van der Waals surface area contributed by atoms with E-state index in [0.717, 1.165) is 16.9 Å². The van der Waals surface area contributed by atoms with Crippen LogP contribution in [0.3, 0.4) is 0 Å². The normalized spacial score (nSPS) is 9.72. The van der Waals surface area contributed by atoms with E-state index >= 15 is 0 Å². The summed E-state index contributed by atoms with van der Waals surface area (Å²) in [6.45, 7) is 0.0415. The summed E-state index contributed by atoms with van der Waals surface area (Å²) in [5.74, 6) is 1.91. The molecule has 2 aromatic heterocycles. The molecule has 0 saturated carbocycles. The molecule has 0 aliphatic rings. The number of aromatic nitrogens is 2. The number of hydrogen-bond donors (Lipinski definition) is 1. The minimum atomic E-state index is -0.583. The zero-order valence-electron chi connectivity index (χ0n) is 9.29. The van der Waals surface area contributed by atoms with Crippen LogP contribution >= 0.6 is 11.3 Å². The number of hydrogen-bond acceptors (Lipinski definition) is 5. The van der Waals surface area contributed by atoms with Gasteiger partial charge in [0.1, 0.15) is 5.01 Å². The van der Waals surface area contributed by atoms with Gasteiger partial charge < -0.3 is 10.5 Å². The third kappa shape index (κ3) is 2.47. The van der Waals surface area contributed by atoms with Gasteiger partial charge in [0, 0.05) is 18.0 Å². The van der Waals surface area contributed by atoms with E-state index in [2.05, 4.69) is 15.9 Å². The molecule has 5 nitrogen and oxygen atoms in total. The number of carbonyl (C=O) groups is 1. The van der Waals surface area contributed by atoms with Gasteiger partial charge in [-0.25, -0.2) is 4.98 Å². The highest BCUT2D eigenvalue weighted by Crippen LogP contribution is 2.31. The van der Waals surface area contributed by atoms with Crippen LogP contribution < -0.4 is 10.5 Å². The van der Waals surface area contributed by atoms with Gasteiger partial charge in [0.15, 0.2) is 11.5 Å². The van der Waals surface area contributed by atoms with Crippen molar-refractivity contribution in [1.82, 2.24) is 9.97 Å². The number of primary amides is 1. The number of rotatable bonds is 4. The highest BCUT2D eigenvalue weighted by molar-refractivity contribution is 7.17. The fourth-order valence-electron chi connectivity index (χ4n) is 1.29. The quantitative estimate of drug-likeness (QED) is 0.840. The summed E-state index contributed by atoms with van der Waals surface area (Å²) < 4.78 is 5.20.